The predicted molar refractivity (Wildman–Crippen MR) is 64.7 cm³/mol. The van der Waals surface area contributed by atoms with Crippen molar-refractivity contribution in [2.45, 2.75) is 16.3 Å². The minimum Gasteiger partial charge on any atom is -0.477 e. The van der Waals surface area contributed by atoms with Crippen molar-refractivity contribution in [1.29, 1.82) is 5.26 Å². The Morgan fingerprint density at radius 3 is 2.83 bits per heavy atom. The molecule has 0 spiro atoms. The zero-order valence-corrected chi connectivity index (χ0v) is 10.7. The molecule has 0 bridgehead atoms. The van der Waals surface area contributed by atoms with Crippen LogP contribution in [0.15, 0.2) is 21.8 Å². The van der Waals surface area contributed by atoms with E-state index in [-0.39, 0.29) is 10.6 Å². The van der Waals surface area contributed by atoms with Gasteiger partial charge in [0.15, 0.2) is 10.0 Å². The highest BCUT2D eigenvalue weighted by atomic mass is 32.2. The van der Waals surface area contributed by atoms with Crippen LogP contribution in [0, 0.1) is 18.3 Å². The van der Waals surface area contributed by atoms with Gasteiger partial charge in [-0.15, -0.1) is 0 Å². The molecule has 8 heteroatoms. The van der Waals surface area contributed by atoms with Gasteiger partial charge >= 0.3 is 5.97 Å². The SMILES string of the molecule is Cc1nc(Sc2nccnc2C#N)sc1C(=O)O. The molecule has 90 valence electrons. The van der Waals surface area contributed by atoms with E-state index < -0.39 is 5.97 Å². The lowest BCUT2D eigenvalue weighted by molar-refractivity contribution is 0.0701. The van der Waals surface area contributed by atoms with Crippen LogP contribution in [-0.4, -0.2) is 26.0 Å². The fourth-order valence-electron chi connectivity index (χ4n) is 1.17. The number of carboxylic acids is 1. The molecule has 0 atom stereocenters. The second-order valence-electron chi connectivity index (χ2n) is 3.12. The summed E-state index contributed by atoms with van der Waals surface area (Å²) in [6.45, 7) is 1.63. The Labute approximate surface area is 110 Å². The first kappa shape index (κ1) is 12.5. The van der Waals surface area contributed by atoms with Crippen molar-refractivity contribution < 1.29 is 9.90 Å². The molecular weight excluding hydrogens is 272 g/mol. The average Bonchev–Trinajstić information content (AvgIpc) is 2.71. The zero-order chi connectivity index (χ0) is 13.1. The molecule has 2 aromatic heterocycles. The topological polar surface area (TPSA) is 99.8 Å². The minimum atomic E-state index is -1.00. The number of rotatable bonds is 3. The van der Waals surface area contributed by atoms with Gasteiger partial charge in [-0.3, -0.25) is 0 Å². The summed E-state index contributed by atoms with van der Waals surface area (Å²) in [5.41, 5.74) is 0.657. The summed E-state index contributed by atoms with van der Waals surface area (Å²) in [6.07, 6.45) is 2.90. The first-order valence-corrected chi connectivity index (χ1v) is 6.34. The Kier molecular flexibility index (Phi) is 3.55. The van der Waals surface area contributed by atoms with E-state index in [2.05, 4.69) is 15.0 Å². The van der Waals surface area contributed by atoms with Crippen molar-refractivity contribution >= 4 is 29.1 Å². The molecule has 1 N–H and O–H groups in total. The lowest BCUT2D eigenvalue weighted by atomic mass is 10.4. The molecule has 18 heavy (non-hydrogen) atoms. The summed E-state index contributed by atoms with van der Waals surface area (Å²) in [4.78, 5) is 23.1. The van der Waals surface area contributed by atoms with E-state index in [0.717, 1.165) is 23.1 Å². The molecule has 2 heterocycles. The van der Waals surface area contributed by atoms with Crippen LogP contribution < -0.4 is 0 Å². The fraction of sp³-hybridized carbons (Fsp3) is 0.100. The molecule has 0 aliphatic carbocycles. The molecule has 0 saturated heterocycles. The Morgan fingerprint density at radius 1 is 1.50 bits per heavy atom. The van der Waals surface area contributed by atoms with Crippen LogP contribution in [0.2, 0.25) is 0 Å². The summed E-state index contributed by atoms with van der Waals surface area (Å²) in [7, 11) is 0. The lowest BCUT2D eigenvalue weighted by Crippen LogP contribution is -1.94. The van der Waals surface area contributed by atoms with Crippen LogP contribution in [0.25, 0.3) is 0 Å². The highest BCUT2D eigenvalue weighted by Crippen LogP contribution is 2.32. The highest BCUT2D eigenvalue weighted by molar-refractivity contribution is 8.01. The van der Waals surface area contributed by atoms with Crippen LogP contribution in [0.3, 0.4) is 0 Å². The van der Waals surface area contributed by atoms with Gasteiger partial charge in [-0.05, 0) is 18.7 Å². The van der Waals surface area contributed by atoms with Gasteiger partial charge in [0.05, 0.1) is 5.69 Å². The largest absolute Gasteiger partial charge is 0.477 e. The van der Waals surface area contributed by atoms with Crippen LogP contribution >= 0.6 is 23.1 Å². The number of nitriles is 1. The number of aromatic nitrogens is 3. The van der Waals surface area contributed by atoms with Crippen LogP contribution in [0.1, 0.15) is 21.1 Å². The molecule has 6 nitrogen and oxygen atoms in total. The summed E-state index contributed by atoms with van der Waals surface area (Å²) in [5, 5.41) is 18.2. The number of nitrogens with zero attached hydrogens (tertiary/aromatic N) is 4. The summed E-state index contributed by atoms with van der Waals surface area (Å²) in [5.74, 6) is -1.00. The van der Waals surface area contributed by atoms with Gasteiger partial charge in [-0.2, -0.15) is 5.26 Å². The van der Waals surface area contributed by atoms with Crippen molar-refractivity contribution in [1.82, 2.24) is 15.0 Å². The maximum atomic E-state index is 10.9. The third-order valence-corrected chi connectivity index (χ3v) is 4.12. The monoisotopic (exact) mass is 278 g/mol. The first-order chi connectivity index (χ1) is 8.61. The van der Waals surface area contributed by atoms with Crippen LogP contribution in [0.5, 0.6) is 0 Å². The van der Waals surface area contributed by atoms with E-state index in [9.17, 15) is 4.79 Å². The summed E-state index contributed by atoms with van der Waals surface area (Å²) >= 11 is 2.20. The molecule has 0 aliphatic heterocycles. The second kappa shape index (κ2) is 5.12. The molecule has 0 unspecified atom stereocenters. The van der Waals surface area contributed by atoms with Gasteiger partial charge in [-0.1, -0.05) is 11.3 Å². The Bertz CT molecular complexity index is 648. The number of hydrogen-bond donors (Lipinski definition) is 1. The predicted octanol–water partition coefficient (Wildman–Crippen LogP) is 1.96. The molecular formula is C10H6N4O2S2. The van der Waals surface area contributed by atoms with E-state index in [4.69, 9.17) is 10.4 Å². The molecule has 2 rings (SSSR count). The normalized spacial score (nSPS) is 10.0. The molecule has 0 aromatic carbocycles. The van der Waals surface area contributed by atoms with Gasteiger partial charge in [0.1, 0.15) is 16.0 Å². The van der Waals surface area contributed by atoms with E-state index in [1.807, 2.05) is 6.07 Å². The van der Waals surface area contributed by atoms with Crippen LogP contribution in [-0.2, 0) is 0 Å². The molecule has 0 amide bonds. The van der Waals surface area contributed by atoms with Gasteiger partial charge in [0, 0.05) is 12.4 Å². The number of carbonyl (C=O) groups is 1. The Morgan fingerprint density at radius 2 is 2.22 bits per heavy atom. The van der Waals surface area contributed by atoms with Crippen LogP contribution in [0.4, 0.5) is 0 Å². The van der Waals surface area contributed by atoms with E-state index >= 15 is 0 Å². The Balaban J connectivity index is 2.32. The van der Waals surface area contributed by atoms with Crippen molar-refractivity contribution in [3.8, 4) is 6.07 Å². The second-order valence-corrected chi connectivity index (χ2v) is 5.36. The highest BCUT2D eigenvalue weighted by Gasteiger charge is 2.16. The van der Waals surface area contributed by atoms with Crippen molar-refractivity contribution in [2.75, 3.05) is 0 Å². The lowest BCUT2D eigenvalue weighted by Gasteiger charge is -1.96. The summed E-state index contributed by atoms with van der Waals surface area (Å²) < 4.78 is 0.530. The maximum absolute atomic E-state index is 10.9. The molecule has 0 saturated carbocycles. The van der Waals surface area contributed by atoms with Gasteiger partial charge in [-0.25, -0.2) is 19.7 Å². The molecule has 0 aliphatic rings. The molecule has 0 fully saturated rings. The van der Waals surface area contributed by atoms with E-state index in [1.54, 1.807) is 6.92 Å². The maximum Gasteiger partial charge on any atom is 0.347 e. The summed E-state index contributed by atoms with van der Waals surface area (Å²) in [6, 6.07) is 1.93. The standard InChI is InChI=1S/C10H6N4O2S2/c1-5-7(9(15)16)17-10(14-5)18-8-6(4-11)12-2-3-13-8/h2-3H,1H3,(H,15,16). The third kappa shape index (κ3) is 2.47. The number of hydrogen-bond acceptors (Lipinski definition) is 7. The third-order valence-electron chi connectivity index (χ3n) is 1.93. The van der Waals surface area contributed by atoms with Gasteiger partial charge < -0.3 is 5.11 Å². The van der Waals surface area contributed by atoms with Gasteiger partial charge in [0.25, 0.3) is 0 Å². The van der Waals surface area contributed by atoms with E-state index in [0.29, 0.717) is 15.1 Å². The smallest absolute Gasteiger partial charge is 0.347 e. The molecule has 2 aromatic rings. The number of thiazole rings is 1. The zero-order valence-electron chi connectivity index (χ0n) is 9.12. The van der Waals surface area contributed by atoms with Gasteiger partial charge in [0.2, 0.25) is 0 Å². The average molecular weight is 278 g/mol. The fourth-order valence-corrected chi connectivity index (χ4v) is 3.12. The number of carboxylic acid groups (broad SMARTS) is 1. The van der Waals surface area contributed by atoms with Crippen molar-refractivity contribution in [3.63, 3.8) is 0 Å². The first-order valence-electron chi connectivity index (χ1n) is 4.71. The number of aromatic carboxylic acids is 1. The minimum absolute atomic E-state index is 0.194. The van der Waals surface area contributed by atoms with Crippen molar-refractivity contribution in [2.24, 2.45) is 0 Å². The Hall–Kier alpha value is -1.98. The van der Waals surface area contributed by atoms with Crippen molar-refractivity contribution in [3.05, 3.63) is 28.7 Å². The van der Waals surface area contributed by atoms with E-state index in [1.165, 1.54) is 12.4 Å². The quantitative estimate of drug-likeness (QED) is 0.915. The number of aryl methyl sites for hydroxylation is 1. The molecule has 0 radical (unpaired) electrons.